The number of nitrogens with zero attached hydrogens (tertiary/aromatic N) is 1. The van der Waals surface area contributed by atoms with E-state index in [0.717, 1.165) is 5.56 Å². The quantitative estimate of drug-likeness (QED) is 0.815. The second-order valence-corrected chi connectivity index (χ2v) is 8.72. The van der Waals surface area contributed by atoms with Crippen LogP contribution in [0.2, 0.25) is 0 Å². The summed E-state index contributed by atoms with van der Waals surface area (Å²) < 4.78 is 20.7. The third kappa shape index (κ3) is 5.85. The molecule has 21 heavy (non-hydrogen) atoms. The lowest BCUT2D eigenvalue weighted by Gasteiger charge is -2.26. The van der Waals surface area contributed by atoms with E-state index in [1.165, 1.54) is 0 Å². The normalized spacial score (nSPS) is 16.6. The van der Waals surface area contributed by atoms with E-state index >= 15 is 0 Å². The Balaban J connectivity index is 2.65. The predicted octanol–water partition coefficient (Wildman–Crippen LogP) is 3.62. The standard InChI is InChI=1S/C16H28N2O2S/c1-11(2)13(4)20-15-9-8-14(10-17-15)12(3)18-21(19)16(5,6)7/h8-13,18H,1-7H3/t12-,13?,21?/m0/s1. The van der Waals surface area contributed by atoms with E-state index < -0.39 is 11.4 Å². The summed E-state index contributed by atoms with van der Waals surface area (Å²) in [5.41, 5.74) is 0.997. The van der Waals surface area contributed by atoms with Crippen molar-refractivity contribution < 1.29 is 9.29 Å². The van der Waals surface area contributed by atoms with Crippen LogP contribution < -0.4 is 9.46 Å². The number of nitrogens with one attached hydrogen (secondary N) is 1. The van der Waals surface area contributed by atoms with Gasteiger partial charge in [-0.15, -0.1) is 4.72 Å². The lowest BCUT2D eigenvalue weighted by atomic mass is 10.1. The molecule has 1 heterocycles. The summed E-state index contributed by atoms with van der Waals surface area (Å²) >= 11 is -1.10. The molecule has 1 aromatic heterocycles. The van der Waals surface area contributed by atoms with E-state index in [9.17, 15) is 4.55 Å². The van der Waals surface area contributed by atoms with E-state index in [1.54, 1.807) is 6.20 Å². The van der Waals surface area contributed by atoms with Gasteiger partial charge in [-0.2, -0.15) is 0 Å². The molecule has 0 fully saturated rings. The monoisotopic (exact) mass is 312 g/mol. The van der Waals surface area contributed by atoms with Crippen molar-refractivity contribution in [1.29, 1.82) is 0 Å². The summed E-state index contributed by atoms with van der Waals surface area (Å²) in [6.07, 6.45) is 1.91. The third-order valence-electron chi connectivity index (χ3n) is 3.34. The van der Waals surface area contributed by atoms with Crippen LogP contribution in [-0.2, 0) is 11.4 Å². The molecular weight excluding hydrogens is 284 g/mol. The topological polar surface area (TPSA) is 57.2 Å². The van der Waals surface area contributed by atoms with Gasteiger partial charge < -0.3 is 9.29 Å². The van der Waals surface area contributed by atoms with Crippen LogP contribution in [0.25, 0.3) is 0 Å². The molecule has 1 rings (SSSR count). The fraction of sp³-hybridized carbons (Fsp3) is 0.688. The Hall–Kier alpha value is -0.780. The predicted molar refractivity (Wildman–Crippen MR) is 88.6 cm³/mol. The zero-order valence-electron chi connectivity index (χ0n) is 14.1. The van der Waals surface area contributed by atoms with Gasteiger partial charge in [-0.05, 0) is 46.1 Å². The molecule has 0 aromatic carbocycles. The van der Waals surface area contributed by atoms with Gasteiger partial charge in [0.15, 0.2) is 0 Å². The smallest absolute Gasteiger partial charge is 0.213 e. The van der Waals surface area contributed by atoms with Crippen molar-refractivity contribution in [2.75, 3.05) is 0 Å². The first-order valence-electron chi connectivity index (χ1n) is 7.42. The van der Waals surface area contributed by atoms with Gasteiger partial charge in [-0.3, -0.25) is 0 Å². The fourth-order valence-electron chi connectivity index (χ4n) is 1.45. The van der Waals surface area contributed by atoms with Crippen LogP contribution in [0, 0.1) is 5.92 Å². The number of hydrogen-bond donors (Lipinski definition) is 1. The van der Waals surface area contributed by atoms with Crippen LogP contribution >= 0.6 is 0 Å². The first-order valence-corrected chi connectivity index (χ1v) is 8.57. The van der Waals surface area contributed by atoms with Gasteiger partial charge in [0.1, 0.15) is 4.75 Å². The zero-order valence-corrected chi connectivity index (χ0v) is 15.0. The molecule has 0 radical (unpaired) electrons. The second kappa shape index (κ2) is 7.47. The summed E-state index contributed by atoms with van der Waals surface area (Å²) in [6, 6.07) is 3.81. The number of aromatic nitrogens is 1. The Kier molecular flexibility index (Phi) is 6.50. The highest BCUT2D eigenvalue weighted by atomic mass is 32.2. The van der Waals surface area contributed by atoms with E-state index in [-0.39, 0.29) is 16.9 Å². The minimum atomic E-state index is -1.10. The third-order valence-corrected chi connectivity index (χ3v) is 5.02. The van der Waals surface area contributed by atoms with Gasteiger partial charge >= 0.3 is 0 Å². The lowest BCUT2D eigenvalue weighted by molar-refractivity contribution is 0.163. The van der Waals surface area contributed by atoms with E-state index in [1.807, 2.05) is 46.8 Å². The summed E-state index contributed by atoms with van der Waals surface area (Å²) in [5.74, 6) is 1.07. The van der Waals surface area contributed by atoms with Crippen molar-refractivity contribution in [2.24, 2.45) is 5.92 Å². The Morgan fingerprint density at radius 3 is 2.24 bits per heavy atom. The number of hydrogen-bond acceptors (Lipinski definition) is 4. The van der Waals surface area contributed by atoms with Crippen LogP contribution in [0.3, 0.4) is 0 Å². The van der Waals surface area contributed by atoms with Crippen molar-refractivity contribution in [3.63, 3.8) is 0 Å². The van der Waals surface area contributed by atoms with Gasteiger partial charge in [0.2, 0.25) is 5.88 Å². The van der Waals surface area contributed by atoms with Gasteiger partial charge in [0, 0.05) is 23.6 Å². The summed E-state index contributed by atoms with van der Waals surface area (Å²) in [6.45, 7) is 14.1. The average molecular weight is 312 g/mol. The highest BCUT2D eigenvalue weighted by Gasteiger charge is 2.28. The van der Waals surface area contributed by atoms with Crippen molar-refractivity contribution >= 4 is 11.4 Å². The summed E-state index contributed by atoms with van der Waals surface area (Å²) in [4.78, 5) is 4.33. The van der Waals surface area contributed by atoms with Crippen LogP contribution in [0.4, 0.5) is 0 Å². The molecule has 1 N–H and O–H groups in total. The molecule has 0 bridgehead atoms. The molecule has 0 aliphatic carbocycles. The molecule has 0 amide bonds. The van der Waals surface area contributed by atoms with E-state index in [2.05, 4.69) is 23.6 Å². The molecule has 3 atom stereocenters. The molecule has 0 saturated heterocycles. The molecule has 2 unspecified atom stereocenters. The molecule has 0 aliphatic heterocycles. The highest BCUT2D eigenvalue weighted by Crippen LogP contribution is 2.21. The van der Waals surface area contributed by atoms with E-state index in [4.69, 9.17) is 4.74 Å². The van der Waals surface area contributed by atoms with Gasteiger partial charge in [0.25, 0.3) is 0 Å². The first-order chi connectivity index (χ1) is 9.61. The minimum Gasteiger partial charge on any atom is -0.598 e. The van der Waals surface area contributed by atoms with Crippen LogP contribution in [0.5, 0.6) is 5.88 Å². The maximum Gasteiger partial charge on any atom is 0.213 e. The molecule has 5 heteroatoms. The largest absolute Gasteiger partial charge is 0.598 e. The number of pyridine rings is 1. The SMILES string of the molecule is CC(C)C(C)Oc1ccc([C@H](C)N[S+]([O-])C(C)(C)C)cn1. The molecule has 0 aliphatic rings. The molecule has 1 aromatic rings. The molecule has 0 spiro atoms. The zero-order chi connectivity index (χ0) is 16.2. The summed E-state index contributed by atoms with van der Waals surface area (Å²) in [5, 5.41) is 0. The average Bonchev–Trinajstić information content (AvgIpc) is 2.38. The number of rotatable bonds is 6. The van der Waals surface area contributed by atoms with E-state index in [0.29, 0.717) is 11.8 Å². The molecular formula is C16H28N2O2S. The minimum absolute atomic E-state index is 0.0193. The fourth-order valence-corrected chi connectivity index (χ4v) is 2.26. The lowest BCUT2D eigenvalue weighted by Crippen LogP contribution is -2.40. The first kappa shape index (κ1) is 18.3. The molecule has 4 nitrogen and oxygen atoms in total. The van der Waals surface area contributed by atoms with Crippen LogP contribution in [0.15, 0.2) is 18.3 Å². The van der Waals surface area contributed by atoms with Crippen molar-refractivity contribution in [2.45, 2.75) is 65.4 Å². The Morgan fingerprint density at radius 2 is 1.81 bits per heavy atom. The van der Waals surface area contributed by atoms with Gasteiger partial charge in [-0.25, -0.2) is 4.98 Å². The summed E-state index contributed by atoms with van der Waals surface area (Å²) in [7, 11) is 0. The van der Waals surface area contributed by atoms with Crippen LogP contribution in [-0.4, -0.2) is 20.4 Å². The Labute approximate surface area is 132 Å². The van der Waals surface area contributed by atoms with Gasteiger partial charge in [-0.1, -0.05) is 19.9 Å². The Morgan fingerprint density at radius 1 is 1.19 bits per heavy atom. The maximum absolute atomic E-state index is 12.1. The van der Waals surface area contributed by atoms with Crippen molar-refractivity contribution in [3.05, 3.63) is 23.9 Å². The van der Waals surface area contributed by atoms with Gasteiger partial charge in [0.05, 0.1) is 12.1 Å². The number of ether oxygens (including phenoxy) is 1. The van der Waals surface area contributed by atoms with Crippen LogP contribution in [0.1, 0.15) is 60.1 Å². The van der Waals surface area contributed by atoms with Crippen molar-refractivity contribution in [1.82, 2.24) is 9.71 Å². The Bertz CT molecular complexity index is 429. The van der Waals surface area contributed by atoms with Crippen molar-refractivity contribution in [3.8, 4) is 5.88 Å². The highest BCUT2D eigenvalue weighted by molar-refractivity contribution is 7.90. The second-order valence-electron chi connectivity index (χ2n) is 6.72. The molecule has 0 saturated carbocycles. The molecule has 120 valence electrons. The maximum atomic E-state index is 12.1.